The zero-order valence-electron chi connectivity index (χ0n) is 7.04. The molecule has 0 aliphatic rings. The van der Waals surface area contributed by atoms with Gasteiger partial charge in [-0.15, -0.1) is 0 Å². The molecule has 0 radical (unpaired) electrons. The fourth-order valence-electron chi connectivity index (χ4n) is 1.08. The molecular formula is C8H13N3O. The van der Waals surface area contributed by atoms with Crippen LogP contribution in [-0.2, 0) is 13.2 Å². The quantitative estimate of drug-likeness (QED) is 0.575. The highest BCUT2D eigenvalue weighted by Crippen LogP contribution is 2.18. The number of hydrogen-bond acceptors (Lipinski definition) is 4. The van der Waals surface area contributed by atoms with Gasteiger partial charge in [-0.25, -0.2) is 0 Å². The molecule has 66 valence electrons. The smallest absolute Gasteiger partial charge is 0.0706 e. The van der Waals surface area contributed by atoms with Gasteiger partial charge < -0.3 is 16.6 Å². The van der Waals surface area contributed by atoms with Crippen LogP contribution in [0.4, 0.5) is 5.69 Å². The van der Waals surface area contributed by atoms with Gasteiger partial charge in [0.25, 0.3) is 0 Å². The van der Waals surface area contributed by atoms with Crippen LogP contribution in [0.1, 0.15) is 16.8 Å². The maximum atomic E-state index is 8.99. The number of nitrogens with two attached hydrogens (primary N) is 2. The fraction of sp³-hybridized carbons (Fsp3) is 0.375. The van der Waals surface area contributed by atoms with E-state index in [-0.39, 0.29) is 6.61 Å². The minimum Gasteiger partial charge on any atom is -0.397 e. The molecule has 0 atom stereocenters. The average Bonchev–Trinajstić information content (AvgIpc) is 2.09. The SMILES string of the molecule is Cc1ncc(CN)c(CO)c1N. The molecular weight excluding hydrogens is 154 g/mol. The number of rotatable bonds is 2. The molecule has 0 aliphatic carbocycles. The van der Waals surface area contributed by atoms with Gasteiger partial charge in [0.15, 0.2) is 0 Å². The van der Waals surface area contributed by atoms with E-state index in [1.807, 2.05) is 0 Å². The lowest BCUT2D eigenvalue weighted by Gasteiger charge is -2.09. The third kappa shape index (κ3) is 1.39. The lowest BCUT2D eigenvalue weighted by atomic mass is 10.1. The molecule has 0 fully saturated rings. The Morgan fingerprint density at radius 3 is 2.75 bits per heavy atom. The topological polar surface area (TPSA) is 85.2 Å². The molecule has 0 amide bonds. The number of pyridine rings is 1. The molecule has 0 unspecified atom stereocenters. The summed E-state index contributed by atoms with van der Waals surface area (Å²) in [5, 5.41) is 8.99. The largest absolute Gasteiger partial charge is 0.397 e. The summed E-state index contributed by atoms with van der Waals surface area (Å²) in [4.78, 5) is 4.04. The van der Waals surface area contributed by atoms with E-state index in [9.17, 15) is 0 Å². The number of hydrogen-bond donors (Lipinski definition) is 3. The van der Waals surface area contributed by atoms with Crippen LogP contribution < -0.4 is 11.5 Å². The van der Waals surface area contributed by atoms with Crippen LogP contribution in [0.15, 0.2) is 6.20 Å². The summed E-state index contributed by atoms with van der Waals surface area (Å²) in [6, 6.07) is 0. The number of aliphatic hydroxyl groups excluding tert-OH is 1. The molecule has 5 N–H and O–H groups in total. The molecule has 0 spiro atoms. The molecule has 0 aliphatic heterocycles. The summed E-state index contributed by atoms with van der Waals surface area (Å²) < 4.78 is 0. The fourth-order valence-corrected chi connectivity index (χ4v) is 1.08. The molecule has 1 aromatic rings. The van der Waals surface area contributed by atoms with Gasteiger partial charge in [-0.05, 0) is 12.5 Å². The van der Waals surface area contributed by atoms with E-state index >= 15 is 0 Å². The van der Waals surface area contributed by atoms with Crippen LogP contribution in [0.5, 0.6) is 0 Å². The summed E-state index contributed by atoms with van der Waals surface area (Å²) in [7, 11) is 0. The van der Waals surface area contributed by atoms with Gasteiger partial charge in [-0.1, -0.05) is 0 Å². The molecule has 0 saturated heterocycles. The predicted molar refractivity (Wildman–Crippen MR) is 47.2 cm³/mol. The summed E-state index contributed by atoms with van der Waals surface area (Å²) in [5.74, 6) is 0. The molecule has 1 aromatic heterocycles. The number of nitrogens with zero attached hydrogens (tertiary/aromatic N) is 1. The minimum absolute atomic E-state index is 0.0816. The van der Waals surface area contributed by atoms with Crippen molar-refractivity contribution in [3.63, 3.8) is 0 Å². The van der Waals surface area contributed by atoms with Gasteiger partial charge in [0, 0.05) is 18.3 Å². The van der Waals surface area contributed by atoms with Crippen LogP contribution in [0.3, 0.4) is 0 Å². The maximum absolute atomic E-state index is 8.99. The van der Waals surface area contributed by atoms with Crippen molar-refractivity contribution >= 4 is 5.69 Å². The van der Waals surface area contributed by atoms with Crippen molar-refractivity contribution in [3.8, 4) is 0 Å². The standard InChI is InChI=1S/C8H13N3O/c1-5-8(10)7(4-12)6(2-9)3-11-5/h3,12H,2,4,9-10H2,1H3. The normalized spacial score (nSPS) is 10.2. The Kier molecular flexibility index (Phi) is 2.62. The summed E-state index contributed by atoms with van der Waals surface area (Å²) in [6.07, 6.45) is 1.65. The molecule has 0 saturated carbocycles. The molecule has 4 nitrogen and oxygen atoms in total. The van der Waals surface area contributed by atoms with Crippen LogP contribution in [0, 0.1) is 6.92 Å². The Hall–Kier alpha value is -1.13. The van der Waals surface area contributed by atoms with Crippen LogP contribution >= 0.6 is 0 Å². The summed E-state index contributed by atoms with van der Waals surface area (Å²) >= 11 is 0. The lowest BCUT2D eigenvalue weighted by Crippen LogP contribution is -2.07. The number of aliphatic hydroxyl groups is 1. The second kappa shape index (κ2) is 3.51. The number of aryl methyl sites for hydroxylation is 1. The average molecular weight is 167 g/mol. The van der Waals surface area contributed by atoms with Gasteiger partial charge in [0.05, 0.1) is 18.0 Å². The van der Waals surface area contributed by atoms with Crippen LogP contribution in [0.25, 0.3) is 0 Å². The van der Waals surface area contributed by atoms with E-state index in [4.69, 9.17) is 16.6 Å². The third-order valence-electron chi connectivity index (χ3n) is 1.89. The molecule has 12 heavy (non-hydrogen) atoms. The molecule has 4 heteroatoms. The van der Waals surface area contributed by atoms with Crippen molar-refractivity contribution in [3.05, 3.63) is 23.0 Å². The monoisotopic (exact) mass is 167 g/mol. The Morgan fingerprint density at radius 1 is 1.58 bits per heavy atom. The highest BCUT2D eigenvalue weighted by molar-refractivity contribution is 5.52. The Morgan fingerprint density at radius 2 is 2.25 bits per heavy atom. The van der Waals surface area contributed by atoms with E-state index < -0.39 is 0 Å². The zero-order valence-corrected chi connectivity index (χ0v) is 7.04. The lowest BCUT2D eigenvalue weighted by molar-refractivity contribution is 0.281. The van der Waals surface area contributed by atoms with E-state index in [0.29, 0.717) is 17.8 Å². The van der Waals surface area contributed by atoms with Crippen LogP contribution in [-0.4, -0.2) is 10.1 Å². The predicted octanol–water partition coefficient (Wildman–Crippen LogP) is -0.0768. The molecule has 0 aromatic carbocycles. The molecule has 1 heterocycles. The number of anilines is 1. The Bertz CT molecular complexity index is 286. The number of nitrogen functional groups attached to an aromatic ring is 1. The first-order chi connectivity index (χ1) is 5.70. The summed E-state index contributed by atoms with van der Waals surface area (Å²) in [6.45, 7) is 2.07. The van der Waals surface area contributed by atoms with Crippen molar-refractivity contribution in [1.82, 2.24) is 4.98 Å². The highest BCUT2D eigenvalue weighted by Gasteiger charge is 2.06. The van der Waals surface area contributed by atoms with E-state index in [0.717, 1.165) is 11.3 Å². The Labute approximate surface area is 71.2 Å². The van der Waals surface area contributed by atoms with Crippen molar-refractivity contribution in [2.45, 2.75) is 20.1 Å². The summed E-state index contributed by atoms with van der Waals surface area (Å²) in [5.41, 5.74) is 13.9. The molecule has 1 rings (SSSR count). The van der Waals surface area contributed by atoms with Gasteiger partial charge in [-0.2, -0.15) is 0 Å². The first-order valence-electron chi connectivity index (χ1n) is 3.74. The van der Waals surface area contributed by atoms with Gasteiger partial charge >= 0.3 is 0 Å². The van der Waals surface area contributed by atoms with Gasteiger partial charge in [-0.3, -0.25) is 4.98 Å². The first kappa shape index (κ1) is 8.96. The van der Waals surface area contributed by atoms with E-state index in [1.54, 1.807) is 13.1 Å². The van der Waals surface area contributed by atoms with Gasteiger partial charge in [0.2, 0.25) is 0 Å². The third-order valence-corrected chi connectivity index (χ3v) is 1.89. The van der Waals surface area contributed by atoms with Crippen molar-refractivity contribution in [2.24, 2.45) is 5.73 Å². The first-order valence-corrected chi connectivity index (χ1v) is 3.74. The highest BCUT2D eigenvalue weighted by atomic mass is 16.3. The zero-order chi connectivity index (χ0) is 9.14. The van der Waals surface area contributed by atoms with Crippen molar-refractivity contribution < 1.29 is 5.11 Å². The minimum atomic E-state index is -0.0816. The molecule has 0 bridgehead atoms. The van der Waals surface area contributed by atoms with Gasteiger partial charge in [0.1, 0.15) is 0 Å². The maximum Gasteiger partial charge on any atom is 0.0706 e. The second-order valence-electron chi connectivity index (χ2n) is 2.62. The van der Waals surface area contributed by atoms with E-state index in [2.05, 4.69) is 4.98 Å². The van der Waals surface area contributed by atoms with Crippen LogP contribution in [0.2, 0.25) is 0 Å². The van der Waals surface area contributed by atoms with E-state index in [1.165, 1.54) is 0 Å². The van der Waals surface area contributed by atoms with Crippen molar-refractivity contribution in [1.29, 1.82) is 0 Å². The second-order valence-corrected chi connectivity index (χ2v) is 2.62. The Balaban J connectivity index is 3.25. The number of aromatic nitrogens is 1. The van der Waals surface area contributed by atoms with Crippen molar-refractivity contribution in [2.75, 3.05) is 5.73 Å².